The van der Waals surface area contributed by atoms with E-state index in [9.17, 15) is 23.1 Å². The summed E-state index contributed by atoms with van der Waals surface area (Å²) in [6.45, 7) is 1.93. The summed E-state index contributed by atoms with van der Waals surface area (Å²) < 4.78 is 29.5. The summed E-state index contributed by atoms with van der Waals surface area (Å²) in [4.78, 5) is 30.6. The van der Waals surface area contributed by atoms with Crippen molar-refractivity contribution in [2.75, 3.05) is 37.0 Å². The lowest BCUT2D eigenvalue weighted by Crippen LogP contribution is -2.46. The van der Waals surface area contributed by atoms with E-state index >= 15 is 0 Å². The van der Waals surface area contributed by atoms with E-state index < -0.39 is 22.5 Å². The van der Waals surface area contributed by atoms with E-state index in [1.54, 1.807) is 52.2 Å². The van der Waals surface area contributed by atoms with Crippen LogP contribution in [0.25, 0.3) is 16.7 Å². The number of piperazine rings is 1. The van der Waals surface area contributed by atoms with Gasteiger partial charge in [0.15, 0.2) is 0 Å². The number of pyridine rings is 1. The van der Waals surface area contributed by atoms with Crippen LogP contribution in [0.15, 0.2) is 71.9 Å². The molecule has 4 aromatic rings. The first kappa shape index (κ1) is 26.9. The van der Waals surface area contributed by atoms with Gasteiger partial charge >= 0.3 is 5.97 Å². The Hall–Kier alpha value is -3.64. The lowest BCUT2D eigenvalue weighted by atomic mass is 10.2. The highest BCUT2D eigenvalue weighted by Gasteiger charge is 2.28. The molecule has 1 fully saturated rings. The van der Waals surface area contributed by atoms with Crippen LogP contribution in [0.5, 0.6) is 0 Å². The molecule has 1 aliphatic rings. The Balaban J connectivity index is 1.51. The van der Waals surface area contributed by atoms with Gasteiger partial charge in [-0.25, -0.2) is 13.4 Å². The third kappa shape index (κ3) is 5.57. The number of carbonyl (C=O) groups is 2. The number of carboxylic acids is 1. The molecule has 0 unspecified atom stereocenters. The minimum atomic E-state index is -4.32. The average molecular weight is 588 g/mol. The normalized spacial score (nSPS) is 13.9. The Labute approximate surface area is 234 Å². The second-order valence-corrected chi connectivity index (χ2v) is 11.6. The Morgan fingerprint density at radius 1 is 1.00 bits per heavy atom. The molecule has 0 atom stereocenters. The third-order valence-electron chi connectivity index (χ3n) is 6.31. The number of sulfonamides is 1. The summed E-state index contributed by atoms with van der Waals surface area (Å²) in [6, 6.07) is 13.7. The fourth-order valence-electron chi connectivity index (χ4n) is 4.46. The van der Waals surface area contributed by atoms with Crippen molar-refractivity contribution in [2.24, 2.45) is 0 Å². The van der Waals surface area contributed by atoms with Crippen molar-refractivity contribution >= 4 is 61.7 Å². The van der Waals surface area contributed by atoms with Gasteiger partial charge in [-0.1, -0.05) is 23.2 Å². The number of rotatable bonds is 7. The number of fused-ring (bicyclic) bond motifs is 1. The molecule has 10 nitrogen and oxygen atoms in total. The molecule has 0 bridgehead atoms. The Bertz CT molecular complexity index is 1670. The molecule has 1 aliphatic heterocycles. The summed E-state index contributed by atoms with van der Waals surface area (Å²) in [5, 5.41) is 13.6. The van der Waals surface area contributed by atoms with Crippen LogP contribution in [0.1, 0.15) is 10.4 Å². The number of carbonyl (C=O) groups excluding carboxylic acids is 1. The van der Waals surface area contributed by atoms with E-state index in [-0.39, 0.29) is 26.5 Å². The molecular weight excluding hydrogens is 565 g/mol. The maximum atomic E-state index is 13.5. The Kier molecular flexibility index (Phi) is 7.50. The van der Waals surface area contributed by atoms with Crippen LogP contribution in [0.4, 0.5) is 5.69 Å². The molecule has 1 saturated heterocycles. The molecule has 2 aromatic carbocycles. The molecule has 0 radical (unpaired) electrons. The standard InChI is InChI=1S/C26H23Cl2N5O5S/c27-19-13-20(28)15-22(14-19)39(37,38)33(16-25(34)35)21-1-2-23-17(11-21)4-8-32(23)24-12-18(3-5-30-24)26(36)31-9-6-29-7-10-31/h1-5,8,11-15,29H,6-7,9-10,16H2,(H,34,35). The Morgan fingerprint density at radius 2 is 1.72 bits per heavy atom. The van der Waals surface area contributed by atoms with Crippen molar-refractivity contribution in [3.63, 3.8) is 0 Å². The predicted octanol–water partition coefficient (Wildman–Crippen LogP) is 3.66. The van der Waals surface area contributed by atoms with Crippen LogP contribution in [-0.2, 0) is 14.8 Å². The quantitative estimate of drug-likeness (QED) is 0.338. The number of aliphatic carboxylic acids is 1. The molecule has 202 valence electrons. The first-order valence-electron chi connectivity index (χ1n) is 11.9. The van der Waals surface area contributed by atoms with Gasteiger partial charge < -0.3 is 19.9 Å². The number of benzene rings is 2. The molecule has 39 heavy (non-hydrogen) atoms. The number of amides is 1. The molecule has 5 rings (SSSR count). The van der Waals surface area contributed by atoms with E-state index in [4.69, 9.17) is 23.2 Å². The van der Waals surface area contributed by atoms with Crippen LogP contribution in [0.2, 0.25) is 10.0 Å². The monoisotopic (exact) mass is 587 g/mol. The van der Waals surface area contributed by atoms with Crippen molar-refractivity contribution in [3.05, 3.63) is 82.6 Å². The maximum absolute atomic E-state index is 13.5. The first-order chi connectivity index (χ1) is 18.6. The van der Waals surface area contributed by atoms with Crippen molar-refractivity contribution in [1.82, 2.24) is 19.8 Å². The second kappa shape index (κ2) is 10.9. The average Bonchev–Trinajstić information content (AvgIpc) is 3.34. The van der Waals surface area contributed by atoms with E-state index in [1.165, 1.54) is 24.3 Å². The zero-order valence-corrected chi connectivity index (χ0v) is 22.7. The van der Waals surface area contributed by atoms with Gasteiger partial charge in [0, 0.05) is 59.6 Å². The third-order valence-corrected chi connectivity index (χ3v) is 8.50. The van der Waals surface area contributed by atoms with Gasteiger partial charge in [0.05, 0.1) is 16.1 Å². The lowest BCUT2D eigenvalue weighted by Gasteiger charge is -2.27. The highest BCUT2D eigenvalue weighted by Crippen LogP contribution is 2.31. The van der Waals surface area contributed by atoms with Gasteiger partial charge in [-0.15, -0.1) is 0 Å². The van der Waals surface area contributed by atoms with Crippen LogP contribution >= 0.6 is 23.2 Å². The number of anilines is 1. The first-order valence-corrected chi connectivity index (χ1v) is 14.1. The summed E-state index contributed by atoms with van der Waals surface area (Å²) in [7, 11) is -4.32. The number of halogens is 2. The molecule has 0 spiro atoms. The smallest absolute Gasteiger partial charge is 0.324 e. The zero-order valence-electron chi connectivity index (χ0n) is 20.4. The van der Waals surface area contributed by atoms with E-state index in [0.717, 1.165) is 17.4 Å². The fraction of sp³-hybridized carbons (Fsp3) is 0.192. The maximum Gasteiger partial charge on any atom is 0.324 e. The van der Waals surface area contributed by atoms with Crippen molar-refractivity contribution in [3.8, 4) is 5.82 Å². The lowest BCUT2D eigenvalue weighted by molar-refractivity contribution is -0.135. The molecule has 1 amide bonds. The number of hydrogen-bond donors (Lipinski definition) is 2. The largest absolute Gasteiger partial charge is 0.480 e. The topological polar surface area (TPSA) is 125 Å². The van der Waals surface area contributed by atoms with Gasteiger partial charge in [0.2, 0.25) is 0 Å². The van der Waals surface area contributed by atoms with Gasteiger partial charge in [-0.3, -0.25) is 13.9 Å². The zero-order chi connectivity index (χ0) is 27.7. The van der Waals surface area contributed by atoms with E-state index in [1.807, 2.05) is 0 Å². The number of nitrogens with one attached hydrogen (secondary N) is 1. The molecule has 0 saturated carbocycles. The molecule has 13 heteroatoms. The molecule has 0 aliphatic carbocycles. The summed E-state index contributed by atoms with van der Waals surface area (Å²) in [5.41, 5.74) is 1.35. The molecule has 2 N–H and O–H groups in total. The van der Waals surface area contributed by atoms with E-state index in [2.05, 4.69) is 10.3 Å². The number of nitrogens with zero attached hydrogens (tertiary/aromatic N) is 4. The second-order valence-electron chi connectivity index (χ2n) is 8.88. The van der Waals surface area contributed by atoms with E-state index in [0.29, 0.717) is 35.4 Å². The van der Waals surface area contributed by atoms with Crippen molar-refractivity contribution < 1.29 is 23.1 Å². The molecule has 3 heterocycles. The van der Waals surface area contributed by atoms with Crippen molar-refractivity contribution in [2.45, 2.75) is 4.90 Å². The van der Waals surface area contributed by atoms with Crippen LogP contribution < -0.4 is 9.62 Å². The summed E-state index contributed by atoms with van der Waals surface area (Å²) in [5.74, 6) is -0.892. The van der Waals surface area contributed by atoms with Gasteiger partial charge in [-0.2, -0.15) is 0 Å². The van der Waals surface area contributed by atoms with Crippen LogP contribution in [-0.4, -0.2) is 72.6 Å². The fourth-order valence-corrected chi connectivity index (χ4v) is 6.59. The minimum Gasteiger partial charge on any atom is -0.480 e. The van der Waals surface area contributed by atoms with Gasteiger partial charge in [-0.05, 0) is 54.6 Å². The highest BCUT2D eigenvalue weighted by molar-refractivity contribution is 7.92. The van der Waals surface area contributed by atoms with Gasteiger partial charge in [0.1, 0.15) is 12.4 Å². The Morgan fingerprint density at radius 3 is 2.41 bits per heavy atom. The minimum absolute atomic E-state index is 0.0745. The van der Waals surface area contributed by atoms with Crippen molar-refractivity contribution in [1.29, 1.82) is 0 Å². The number of aromatic nitrogens is 2. The summed E-state index contributed by atoms with van der Waals surface area (Å²) in [6.07, 6.45) is 3.32. The number of carboxylic acid groups (broad SMARTS) is 1. The SMILES string of the molecule is O=C(O)CN(c1ccc2c(ccn2-c2cc(C(=O)N3CCNCC3)ccn2)c1)S(=O)(=O)c1cc(Cl)cc(Cl)c1. The molecular formula is C26H23Cl2N5O5S. The predicted molar refractivity (Wildman–Crippen MR) is 148 cm³/mol. The van der Waals surface area contributed by atoms with Crippen LogP contribution in [0.3, 0.4) is 0 Å². The van der Waals surface area contributed by atoms with Crippen LogP contribution in [0, 0.1) is 0 Å². The van der Waals surface area contributed by atoms with Gasteiger partial charge in [0.25, 0.3) is 15.9 Å². The highest BCUT2D eigenvalue weighted by atomic mass is 35.5. The summed E-state index contributed by atoms with van der Waals surface area (Å²) >= 11 is 12.0. The number of hydrogen-bond acceptors (Lipinski definition) is 6. The molecule has 2 aromatic heterocycles.